The number of pyridine rings is 2. The molecule has 3 aromatic heterocycles. The van der Waals surface area contributed by atoms with Gasteiger partial charge in [-0.15, -0.1) is 0 Å². The Balaban J connectivity index is 1.47. The van der Waals surface area contributed by atoms with E-state index in [2.05, 4.69) is 15.3 Å². The molecule has 11 nitrogen and oxygen atoms in total. The number of esters is 1. The van der Waals surface area contributed by atoms with Gasteiger partial charge in [0.1, 0.15) is 22.9 Å². The number of sulfonamides is 1. The normalized spacial score (nSPS) is 11.4. The molecule has 0 radical (unpaired) electrons. The van der Waals surface area contributed by atoms with E-state index in [0.717, 1.165) is 9.99 Å². The van der Waals surface area contributed by atoms with Crippen molar-refractivity contribution >= 4 is 49.8 Å². The van der Waals surface area contributed by atoms with Crippen molar-refractivity contribution in [3.05, 3.63) is 96.6 Å². The zero-order chi connectivity index (χ0) is 28.3. The van der Waals surface area contributed by atoms with E-state index in [4.69, 9.17) is 15.9 Å². The molecule has 0 unspecified atom stereocenters. The first-order chi connectivity index (χ1) is 19.3. The van der Waals surface area contributed by atoms with E-state index >= 15 is 0 Å². The third-order valence-corrected chi connectivity index (χ3v) is 7.99. The molecule has 0 aliphatic rings. The number of nitrogens with one attached hydrogen (secondary N) is 2. The van der Waals surface area contributed by atoms with Crippen LogP contribution in [-0.4, -0.2) is 47.7 Å². The van der Waals surface area contributed by atoms with Gasteiger partial charge in [0.25, 0.3) is 10.0 Å². The quantitative estimate of drug-likeness (QED) is 0.134. The maximum absolute atomic E-state index is 14.0. The van der Waals surface area contributed by atoms with Gasteiger partial charge in [-0.25, -0.2) is 13.4 Å². The average Bonchev–Trinajstić information content (AvgIpc) is 3.37. The average molecular weight is 558 g/mol. The molecule has 2 aromatic carbocycles. The number of rotatable bonds is 10. The maximum Gasteiger partial charge on any atom is 0.326 e. The molecule has 0 spiro atoms. The summed E-state index contributed by atoms with van der Waals surface area (Å²) in [6.45, 7) is 1.68. The van der Waals surface area contributed by atoms with Crippen molar-refractivity contribution in [2.24, 2.45) is 5.73 Å². The van der Waals surface area contributed by atoms with Gasteiger partial charge in [-0.05, 0) is 55.5 Å². The fourth-order valence-electron chi connectivity index (χ4n) is 4.27. The van der Waals surface area contributed by atoms with Crippen LogP contribution in [0, 0.1) is 5.41 Å². The second-order valence-electron chi connectivity index (χ2n) is 8.88. The number of nitrogens with two attached hydrogens (primary N) is 1. The molecule has 0 amide bonds. The van der Waals surface area contributed by atoms with Crippen molar-refractivity contribution in [3.63, 3.8) is 0 Å². The number of ether oxygens (including phenoxy) is 1. The molecular weight excluding hydrogens is 530 g/mol. The van der Waals surface area contributed by atoms with Crippen molar-refractivity contribution < 1.29 is 17.9 Å². The van der Waals surface area contributed by atoms with Crippen molar-refractivity contribution in [2.75, 3.05) is 22.8 Å². The van der Waals surface area contributed by atoms with Crippen molar-refractivity contribution in [1.82, 2.24) is 14.4 Å². The number of nitrogen functional groups attached to an aromatic ring is 1. The highest BCUT2D eigenvalue weighted by Crippen LogP contribution is 2.28. The lowest BCUT2D eigenvalue weighted by atomic mass is 10.2. The molecule has 40 heavy (non-hydrogen) atoms. The summed E-state index contributed by atoms with van der Waals surface area (Å²) in [5.74, 6) is -0.677. The molecule has 0 saturated carbocycles. The SMILES string of the molecule is CCOC(=O)CN(c1ccc2nc(CNc3ccc(C(=N)N)cc3)cn2c1)S(=O)(=O)c1cccc2cccnc12. The van der Waals surface area contributed by atoms with Gasteiger partial charge in [0, 0.05) is 35.2 Å². The Labute approximate surface area is 230 Å². The third-order valence-electron chi connectivity index (χ3n) is 6.18. The Bertz CT molecular complexity index is 1810. The van der Waals surface area contributed by atoms with E-state index in [1.54, 1.807) is 72.2 Å². The number of carbonyl (C=O) groups is 1. The Morgan fingerprint density at radius 1 is 1.07 bits per heavy atom. The van der Waals surface area contributed by atoms with Crippen LogP contribution in [0.4, 0.5) is 11.4 Å². The fourth-order valence-corrected chi connectivity index (χ4v) is 5.83. The summed E-state index contributed by atoms with van der Waals surface area (Å²) < 4.78 is 35.8. The Hall–Kier alpha value is -4.97. The number of carbonyl (C=O) groups excluding carboxylic acids is 1. The predicted molar refractivity (Wildman–Crippen MR) is 153 cm³/mol. The van der Waals surface area contributed by atoms with E-state index in [9.17, 15) is 13.2 Å². The molecule has 5 rings (SSSR count). The summed E-state index contributed by atoms with van der Waals surface area (Å²) >= 11 is 0. The molecule has 204 valence electrons. The molecule has 0 aliphatic heterocycles. The Morgan fingerprint density at radius 3 is 2.60 bits per heavy atom. The number of hydrogen-bond donors (Lipinski definition) is 3. The number of anilines is 2. The molecule has 0 aliphatic carbocycles. The number of imidazole rings is 1. The number of hydrogen-bond acceptors (Lipinski definition) is 8. The first-order valence-corrected chi connectivity index (χ1v) is 13.9. The summed E-state index contributed by atoms with van der Waals surface area (Å²) in [5, 5.41) is 11.4. The molecule has 0 atom stereocenters. The van der Waals surface area contributed by atoms with Crippen LogP contribution in [-0.2, 0) is 26.1 Å². The standard InChI is InChI=1S/C28H27N7O4S/c1-2-39-26(36)18-35(40(37,38)24-7-3-5-19-6-4-14-31-27(19)24)23-12-13-25-33-22(16-34(25)17-23)15-32-21-10-8-20(9-11-21)28(29)30/h3-14,16-17,32H,2,15,18H2,1H3,(H3,29,30). The van der Waals surface area contributed by atoms with Gasteiger partial charge in [-0.2, -0.15) is 0 Å². The highest BCUT2D eigenvalue weighted by molar-refractivity contribution is 7.93. The number of para-hydroxylation sites is 1. The maximum atomic E-state index is 14.0. The molecule has 0 fully saturated rings. The number of aromatic nitrogens is 3. The van der Waals surface area contributed by atoms with Crippen LogP contribution >= 0.6 is 0 Å². The molecule has 4 N–H and O–H groups in total. The largest absolute Gasteiger partial charge is 0.465 e. The van der Waals surface area contributed by atoms with Gasteiger partial charge >= 0.3 is 5.97 Å². The lowest BCUT2D eigenvalue weighted by Gasteiger charge is -2.24. The van der Waals surface area contributed by atoms with Gasteiger partial charge in [-0.1, -0.05) is 18.2 Å². The molecule has 3 heterocycles. The van der Waals surface area contributed by atoms with Crippen LogP contribution in [0.3, 0.4) is 0 Å². The van der Waals surface area contributed by atoms with Crippen LogP contribution in [0.25, 0.3) is 16.6 Å². The van der Waals surface area contributed by atoms with E-state index < -0.39 is 22.5 Å². The summed E-state index contributed by atoms with van der Waals surface area (Å²) in [4.78, 5) is 21.4. The number of fused-ring (bicyclic) bond motifs is 2. The summed E-state index contributed by atoms with van der Waals surface area (Å²) in [6, 6.07) is 18.9. The Morgan fingerprint density at radius 2 is 1.85 bits per heavy atom. The zero-order valence-corrected chi connectivity index (χ0v) is 22.4. The van der Waals surface area contributed by atoms with Crippen molar-refractivity contribution in [1.29, 1.82) is 5.41 Å². The van der Waals surface area contributed by atoms with Crippen molar-refractivity contribution in [2.45, 2.75) is 18.4 Å². The predicted octanol–water partition coefficient (Wildman–Crippen LogP) is 3.54. The number of benzene rings is 2. The van der Waals surface area contributed by atoms with E-state index in [1.165, 1.54) is 12.3 Å². The van der Waals surface area contributed by atoms with E-state index in [0.29, 0.717) is 34.4 Å². The monoisotopic (exact) mass is 557 g/mol. The van der Waals surface area contributed by atoms with Gasteiger partial charge < -0.3 is 20.2 Å². The van der Waals surface area contributed by atoms with Gasteiger partial charge in [-0.3, -0.25) is 19.5 Å². The molecule has 5 aromatic rings. The topological polar surface area (TPSA) is 156 Å². The summed E-state index contributed by atoms with van der Waals surface area (Å²) in [5.41, 5.74) is 8.87. The van der Waals surface area contributed by atoms with Crippen molar-refractivity contribution in [3.8, 4) is 0 Å². The van der Waals surface area contributed by atoms with Crippen LogP contribution in [0.1, 0.15) is 18.2 Å². The summed E-state index contributed by atoms with van der Waals surface area (Å²) in [6.07, 6.45) is 4.93. The summed E-state index contributed by atoms with van der Waals surface area (Å²) in [7, 11) is -4.21. The Kier molecular flexibility index (Phi) is 7.34. The smallest absolute Gasteiger partial charge is 0.326 e. The molecule has 0 bridgehead atoms. The molecular formula is C28H27N7O4S. The number of nitrogens with zero attached hydrogens (tertiary/aromatic N) is 4. The van der Waals surface area contributed by atoms with Crippen LogP contribution < -0.4 is 15.4 Å². The lowest BCUT2D eigenvalue weighted by Crippen LogP contribution is -2.37. The van der Waals surface area contributed by atoms with Crippen LogP contribution in [0.2, 0.25) is 0 Å². The minimum atomic E-state index is -4.21. The number of amidine groups is 1. The molecule has 0 saturated heterocycles. The van der Waals surface area contributed by atoms with Gasteiger partial charge in [0.2, 0.25) is 0 Å². The second-order valence-corrected chi connectivity index (χ2v) is 10.7. The lowest BCUT2D eigenvalue weighted by molar-refractivity contribution is -0.141. The first kappa shape index (κ1) is 26.6. The van der Waals surface area contributed by atoms with E-state index in [-0.39, 0.29) is 23.0 Å². The first-order valence-electron chi connectivity index (χ1n) is 12.4. The zero-order valence-electron chi connectivity index (χ0n) is 21.6. The third kappa shape index (κ3) is 5.43. The van der Waals surface area contributed by atoms with Crippen LogP contribution in [0.5, 0.6) is 0 Å². The van der Waals surface area contributed by atoms with Gasteiger partial charge in [0.15, 0.2) is 0 Å². The minimum absolute atomic E-state index is 0.00145. The highest BCUT2D eigenvalue weighted by Gasteiger charge is 2.30. The van der Waals surface area contributed by atoms with E-state index in [1.807, 2.05) is 12.1 Å². The minimum Gasteiger partial charge on any atom is -0.465 e. The molecule has 12 heteroatoms. The van der Waals surface area contributed by atoms with Crippen LogP contribution in [0.15, 0.2) is 90.2 Å². The van der Waals surface area contributed by atoms with Gasteiger partial charge in [0.05, 0.1) is 30.0 Å². The fraction of sp³-hybridized carbons (Fsp3) is 0.143. The second kappa shape index (κ2) is 11.0. The highest BCUT2D eigenvalue weighted by atomic mass is 32.2.